The summed E-state index contributed by atoms with van der Waals surface area (Å²) >= 11 is 0. The van der Waals surface area contributed by atoms with Crippen LogP contribution in [0, 0.1) is 13.8 Å². The van der Waals surface area contributed by atoms with Crippen molar-refractivity contribution in [1.29, 1.82) is 0 Å². The van der Waals surface area contributed by atoms with Gasteiger partial charge in [0, 0.05) is 18.3 Å². The second kappa shape index (κ2) is 9.87. The number of carbonyl (C=O) groups is 1. The average Bonchev–Trinajstić information content (AvgIpc) is 3.06. The van der Waals surface area contributed by atoms with E-state index in [9.17, 15) is 13.2 Å². The molecule has 1 aliphatic carbocycles. The molecule has 31 heavy (non-hydrogen) atoms. The van der Waals surface area contributed by atoms with E-state index in [0.717, 1.165) is 48.9 Å². The van der Waals surface area contributed by atoms with Gasteiger partial charge in [-0.2, -0.15) is 4.31 Å². The Kier molecular flexibility index (Phi) is 7.43. The zero-order valence-corrected chi connectivity index (χ0v) is 19.5. The van der Waals surface area contributed by atoms with E-state index in [1.165, 1.54) is 0 Å². The first-order chi connectivity index (χ1) is 14.8. The molecule has 1 N–H and O–H groups in total. The van der Waals surface area contributed by atoms with Gasteiger partial charge in [0.15, 0.2) is 0 Å². The molecular weight excluding hydrogens is 416 g/mol. The van der Waals surface area contributed by atoms with Gasteiger partial charge in [0.05, 0.1) is 18.6 Å². The van der Waals surface area contributed by atoms with Gasteiger partial charge in [-0.25, -0.2) is 13.2 Å². The highest BCUT2D eigenvalue weighted by molar-refractivity contribution is 7.89. The van der Waals surface area contributed by atoms with E-state index in [2.05, 4.69) is 4.98 Å². The number of rotatable bonds is 8. The number of H-pyrrole nitrogens is 1. The van der Waals surface area contributed by atoms with Crippen molar-refractivity contribution in [3.05, 3.63) is 46.8 Å². The maximum absolute atomic E-state index is 13.7. The van der Waals surface area contributed by atoms with Crippen LogP contribution in [0.1, 0.15) is 66.3 Å². The van der Waals surface area contributed by atoms with Crippen LogP contribution in [0.25, 0.3) is 0 Å². The number of nitrogens with one attached hydrogen (secondary N) is 1. The molecule has 0 aliphatic heterocycles. The molecule has 3 rings (SSSR count). The third-order valence-corrected chi connectivity index (χ3v) is 7.95. The van der Waals surface area contributed by atoms with Gasteiger partial charge in [0.2, 0.25) is 10.0 Å². The Labute approximate surface area is 184 Å². The molecule has 1 aromatic carbocycles. The van der Waals surface area contributed by atoms with Gasteiger partial charge >= 0.3 is 5.97 Å². The lowest BCUT2D eigenvalue weighted by Crippen LogP contribution is -2.41. The number of esters is 1. The second-order valence-corrected chi connectivity index (χ2v) is 9.86. The first kappa shape index (κ1) is 23.3. The van der Waals surface area contributed by atoms with Crippen molar-refractivity contribution in [2.45, 2.75) is 70.4 Å². The number of aromatic nitrogens is 1. The molecule has 2 aromatic rings. The van der Waals surface area contributed by atoms with Crippen molar-refractivity contribution in [2.75, 3.05) is 13.7 Å². The summed E-state index contributed by atoms with van der Waals surface area (Å²) in [5.74, 6) is 0.191. The quantitative estimate of drug-likeness (QED) is 0.607. The number of benzene rings is 1. The third-order valence-electron chi connectivity index (χ3n) is 6.03. The molecule has 0 atom stereocenters. The molecule has 0 spiro atoms. The van der Waals surface area contributed by atoms with Crippen LogP contribution < -0.4 is 4.74 Å². The number of carbonyl (C=O) groups excluding carboxylic acids is 1. The van der Waals surface area contributed by atoms with Crippen LogP contribution in [0.4, 0.5) is 0 Å². The van der Waals surface area contributed by atoms with E-state index in [-0.39, 0.29) is 24.1 Å². The number of aryl methyl sites for hydroxylation is 1. The van der Waals surface area contributed by atoms with Crippen LogP contribution in [0.5, 0.6) is 5.75 Å². The fraction of sp³-hybridized carbons (Fsp3) is 0.522. The second-order valence-electron chi connectivity index (χ2n) is 7.97. The highest BCUT2D eigenvalue weighted by Gasteiger charge is 2.34. The highest BCUT2D eigenvalue weighted by atomic mass is 32.2. The topological polar surface area (TPSA) is 88.7 Å². The standard InChI is InChI=1S/C23H32N2O5S/c1-5-30-23(26)22-16(2)21(17(3)24-22)15-25(18-9-7-6-8-10-18)31(27,28)20-13-11-19(29-4)12-14-20/h11-14,18,24H,5-10,15H2,1-4H3. The Balaban J connectivity index is 1.99. The van der Waals surface area contributed by atoms with E-state index in [4.69, 9.17) is 9.47 Å². The molecule has 8 heteroatoms. The van der Waals surface area contributed by atoms with Crippen molar-refractivity contribution >= 4 is 16.0 Å². The highest BCUT2D eigenvalue weighted by Crippen LogP contribution is 2.32. The maximum atomic E-state index is 13.7. The van der Waals surface area contributed by atoms with Crippen LogP contribution in [-0.2, 0) is 21.3 Å². The Morgan fingerprint density at radius 1 is 1.13 bits per heavy atom. The Hall–Kier alpha value is -2.32. The van der Waals surface area contributed by atoms with Gasteiger partial charge < -0.3 is 14.5 Å². The number of hydrogen-bond acceptors (Lipinski definition) is 5. The third kappa shape index (κ3) is 4.96. The largest absolute Gasteiger partial charge is 0.497 e. The van der Waals surface area contributed by atoms with Crippen molar-refractivity contribution < 1.29 is 22.7 Å². The molecule has 0 unspecified atom stereocenters. The van der Waals surface area contributed by atoms with Gasteiger partial charge in [-0.15, -0.1) is 0 Å². The molecule has 1 aliphatic rings. The van der Waals surface area contributed by atoms with Gasteiger partial charge in [0.1, 0.15) is 11.4 Å². The maximum Gasteiger partial charge on any atom is 0.355 e. The predicted molar refractivity (Wildman–Crippen MR) is 119 cm³/mol. The summed E-state index contributed by atoms with van der Waals surface area (Å²) in [5, 5.41) is 0. The number of sulfonamides is 1. The van der Waals surface area contributed by atoms with Gasteiger partial charge in [-0.1, -0.05) is 19.3 Å². The fourth-order valence-corrected chi connectivity index (χ4v) is 5.90. The molecule has 1 saturated carbocycles. The van der Waals surface area contributed by atoms with Gasteiger partial charge in [0.25, 0.3) is 0 Å². The monoisotopic (exact) mass is 448 g/mol. The van der Waals surface area contributed by atoms with Crippen LogP contribution in [0.15, 0.2) is 29.2 Å². The average molecular weight is 449 g/mol. The molecule has 170 valence electrons. The lowest BCUT2D eigenvalue weighted by atomic mass is 9.95. The number of nitrogens with zero attached hydrogens (tertiary/aromatic N) is 1. The van der Waals surface area contributed by atoms with Crippen molar-refractivity contribution in [2.24, 2.45) is 0 Å². The van der Waals surface area contributed by atoms with Crippen molar-refractivity contribution in [3.8, 4) is 5.75 Å². The SMILES string of the molecule is CCOC(=O)c1[nH]c(C)c(CN(C2CCCCC2)S(=O)(=O)c2ccc(OC)cc2)c1C. The summed E-state index contributed by atoms with van der Waals surface area (Å²) in [5.41, 5.74) is 2.73. The van der Waals surface area contributed by atoms with Crippen molar-refractivity contribution in [3.63, 3.8) is 0 Å². The van der Waals surface area contributed by atoms with Gasteiger partial charge in [-0.3, -0.25) is 0 Å². The minimum atomic E-state index is -3.73. The van der Waals surface area contributed by atoms with Crippen LogP contribution in [0.3, 0.4) is 0 Å². The minimum absolute atomic E-state index is 0.0689. The van der Waals surface area contributed by atoms with E-state index in [1.54, 1.807) is 42.6 Å². The predicted octanol–water partition coefficient (Wildman–Crippen LogP) is 4.34. The molecule has 7 nitrogen and oxygen atoms in total. The summed E-state index contributed by atoms with van der Waals surface area (Å²) in [4.78, 5) is 15.6. The summed E-state index contributed by atoms with van der Waals surface area (Å²) in [6.45, 7) is 5.96. The molecule has 1 heterocycles. The fourth-order valence-electron chi connectivity index (χ4n) is 4.25. The number of hydrogen-bond donors (Lipinski definition) is 1. The van der Waals surface area contributed by atoms with Crippen LogP contribution in [0.2, 0.25) is 0 Å². The molecule has 0 radical (unpaired) electrons. The molecule has 0 bridgehead atoms. The zero-order valence-electron chi connectivity index (χ0n) is 18.7. The normalized spacial score (nSPS) is 15.3. The van der Waals surface area contributed by atoms with E-state index in [1.807, 2.05) is 13.8 Å². The van der Waals surface area contributed by atoms with E-state index >= 15 is 0 Å². The number of methoxy groups -OCH3 is 1. The summed E-state index contributed by atoms with van der Waals surface area (Å²) in [6.07, 6.45) is 4.82. The van der Waals surface area contributed by atoms with E-state index in [0.29, 0.717) is 11.4 Å². The number of aromatic amines is 1. The first-order valence-corrected chi connectivity index (χ1v) is 12.2. The van der Waals surface area contributed by atoms with E-state index < -0.39 is 16.0 Å². The molecule has 0 saturated heterocycles. The van der Waals surface area contributed by atoms with Crippen LogP contribution in [-0.4, -0.2) is 43.4 Å². The number of ether oxygens (including phenoxy) is 2. The minimum Gasteiger partial charge on any atom is -0.497 e. The Morgan fingerprint density at radius 2 is 1.77 bits per heavy atom. The molecular formula is C23H32N2O5S. The molecule has 0 amide bonds. The lowest BCUT2D eigenvalue weighted by molar-refractivity contribution is 0.0519. The van der Waals surface area contributed by atoms with Crippen LogP contribution >= 0.6 is 0 Å². The van der Waals surface area contributed by atoms with Crippen molar-refractivity contribution in [1.82, 2.24) is 9.29 Å². The summed E-state index contributed by atoms with van der Waals surface area (Å²) in [7, 11) is -2.18. The lowest BCUT2D eigenvalue weighted by Gasteiger charge is -2.33. The first-order valence-electron chi connectivity index (χ1n) is 10.8. The zero-order chi connectivity index (χ0) is 22.6. The summed E-state index contributed by atoms with van der Waals surface area (Å²) < 4.78 is 39.3. The Bertz CT molecular complexity index is 1010. The smallest absolute Gasteiger partial charge is 0.355 e. The van der Waals surface area contributed by atoms with Gasteiger partial charge in [-0.05, 0) is 69.0 Å². The Morgan fingerprint density at radius 3 is 2.35 bits per heavy atom. The summed E-state index contributed by atoms with van der Waals surface area (Å²) in [6, 6.07) is 6.44. The molecule has 1 fully saturated rings. The molecule has 1 aromatic heterocycles.